The molecule has 0 unspecified atom stereocenters. The van der Waals surface area contributed by atoms with Crippen molar-refractivity contribution in [1.82, 2.24) is 5.32 Å². The van der Waals surface area contributed by atoms with Crippen LogP contribution < -0.4 is 5.32 Å². The predicted molar refractivity (Wildman–Crippen MR) is 92.7 cm³/mol. The second-order valence-electron chi connectivity index (χ2n) is 6.43. The maximum Gasteiger partial charge on any atom is 0.326 e. The third-order valence-corrected chi connectivity index (χ3v) is 3.87. The zero-order valence-corrected chi connectivity index (χ0v) is 13.9. The van der Waals surface area contributed by atoms with Gasteiger partial charge in [0.05, 0.1) is 0 Å². The molecule has 24 heavy (non-hydrogen) atoms. The average molecular weight is 329 g/mol. The van der Waals surface area contributed by atoms with Gasteiger partial charge >= 0.3 is 5.97 Å². The van der Waals surface area contributed by atoms with Crippen molar-refractivity contribution in [2.75, 3.05) is 0 Å². The van der Waals surface area contributed by atoms with Gasteiger partial charge in [-0.05, 0) is 28.7 Å². The number of benzene rings is 2. The van der Waals surface area contributed by atoms with E-state index < -0.39 is 24.0 Å². The molecule has 0 spiro atoms. The predicted octanol–water partition coefficient (Wildman–Crippen LogP) is 2.36. The third-order valence-electron chi connectivity index (χ3n) is 3.87. The molecule has 128 valence electrons. The fraction of sp³-hybridized carbons (Fsp3) is 0.368. The van der Waals surface area contributed by atoms with E-state index in [9.17, 15) is 19.8 Å². The number of carbonyl (C=O) groups is 2. The first-order valence-corrected chi connectivity index (χ1v) is 8.05. The lowest BCUT2D eigenvalue weighted by atomic mass is 10.0. The normalized spacial score (nSPS) is 13.7. The Balaban J connectivity index is 2.09. The summed E-state index contributed by atoms with van der Waals surface area (Å²) in [6.45, 7) is 3.78. The van der Waals surface area contributed by atoms with Gasteiger partial charge in [-0.3, -0.25) is 4.79 Å². The first kappa shape index (κ1) is 17.9. The van der Waals surface area contributed by atoms with Crippen molar-refractivity contribution in [1.29, 1.82) is 0 Å². The minimum absolute atomic E-state index is 0.148. The molecule has 2 atom stereocenters. The summed E-state index contributed by atoms with van der Waals surface area (Å²) in [4.78, 5) is 23.4. The van der Waals surface area contributed by atoms with E-state index in [0.29, 0.717) is 6.42 Å². The van der Waals surface area contributed by atoms with E-state index in [4.69, 9.17) is 0 Å². The number of nitrogens with one attached hydrogen (secondary N) is 1. The molecule has 3 N–H and O–H groups in total. The molecule has 0 fully saturated rings. The number of aliphatic carboxylic acids is 1. The molecule has 0 bridgehead atoms. The lowest BCUT2D eigenvalue weighted by Gasteiger charge is -2.18. The van der Waals surface area contributed by atoms with Crippen LogP contribution in [0.5, 0.6) is 0 Å². The molecule has 2 aromatic carbocycles. The van der Waals surface area contributed by atoms with Crippen LogP contribution in [0, 0.1) is 5.92 Å². The van der Waals surface area contributed by atoms with Gasteiger partial charge in [0.15, 0.2) is 0 Å². The molecular formula is C19H23NO4. The van der Waals surface area contributed by atoms with Crippen molar-refractivity contribution in [3.63, 3.8) is 0 Å². The van der Waals surface area contributed by atoms with E-state index in [1.54, 1.807) is 0 Å². The van der Waals surface area contributed by atoms with Gasteiger partial charge in [0.25, 0.3) is 0 Å². The van der Waals surface area contributed by atoms with Crippen molar-refractivity contribution in [3.05, 3.63) is 48.0 Å². The summed E-state index contributed by atoms with van der Waals surface area (Å²) in [5, 5.41) is 23.7. The Morgan fingerprint density at radius 1 is 1.08 bits per heavy atom. The van der Waals surface area contributed by atoms with Gasteiger partial charge in [-0.25, -0.2) is 4.79 Å². The summed E-state index contributed by atoms with van der Waals surface area (Å²) in [6, 6.07) is 12.4. The third kappa shape index (κ3) is 4.80. The molecule has 0 aromatic heterocycles. The van der Waals surface area contributed by atoms with Gasteiger partial charge in [0.1, 0.15) is 12.1 Å². The van der Waals surface area contributed by atoms with Crippen LogP contribution in [0.4, 0.5) is 0 Å². The Labute approximate surface area is 141 Å². The van der Waals surface area contributed by atoms with E-state index in [1.165, 1.54) is 0 Å². The van der Waals surface area contributed by atoms with Crippen LogP contribution in [0.2, 0.25) is 0 Å². The number of rotatable bonds is 7. The van der Waals surface area contributed by atoms with Crippen molar-refractivity contribution >= 4 is 22.6 Å². The van der Waals surface area contributed by atoms with Crippen molar-refractivity contribution < 1.29 is 19.8 Å². The first-order valence-electron chi connectivity index (χ1n) is 8.05. The zero-order chi connectivity index (χ0) is 17.7. The summed E-state index contributed by atoms with van der Waals surface area (Å²) >= 11 is 0. The Hall–Kier alpha value is -2.40. The van der Waals surface area contributed by atoms with Crippen LogP contribution in [0.15, 0.2) is 42.5 Å². The molecule has 0 aliphatic rings. The van der Waals surface area contributed by atoms with Crippen molar-refractivity contribution in [3.8, 4) is 0 Å². The average Bonchev–Trinajstić information content (AvgIpc) is 2.53. The molecule has 2 aromatic rings. The van der Waals surface area contributed by atoms with Gasteiger partial charge in [0, 0.05) is 6.42 Å². The fourth-order valence-electron chi connectivity index (χ4n) is 2.62. The standard InChI is InChI=1S/C19H23NO4/c1-12(2)9-17(21)18(22)20-16(19(23)24)11-13-7-8-14-5-3-4-6-15(14)10-13/h3-8,10,12,16-17,21H,9,11H2,1-2H3,(H,20,22)(H,23,24)/t16-,17-/m1/s1. The summed E-state index contributed by atoms with van der Waals surface area (Å²) in [6.07, 6.45) is -0.725. The molecular weight excluding hydrogens is 306 g/mol. The van der Waals surface area contributed by atoms with Crippen molar-refractivity contribution in [2.45, 2.75) is 38.8 Å². The smallest absolute Gasteiger partial charge is 0.326 e. The quantitative estimate of drug-likeness (QED) is 0.728. The van der Waals surface area contributed by atoms with Crippen LogP contribution >= 0.6 is 0 Å². The fourth-order valence-corrected chi connectivity index (χ4v) is 2.62. The lowest BCUT2D eigenvalue weighted by molar-refractivity contribution is -0.143. The van der Waals surface area contributed by atoms with Gasteiger partial charge < -0.3 is 15.5 Å². The maximum atomic E-state index is 12.0. The number of amides is 1. The molecule has 1 amide bonds. The molecule has 5 nitrogen and oxygen atoms in total. The Morgan fingerprint density at radius 3 is 2.38 bits per heavy atom. The topological polar surface area (TPSA) is 86.6 Å². The number of fused-ring (bicyclic) bond motifs is 1. The highest BCUT2D eigenvalue weighted by Gasteiger charge is 2.24. The van der Waals surface area contributed by atoms with E-state index in [2.05, 4.69) is 5.32 Å². The van der Waals surface area contributed by atoms with E-state index >= 15 is 0 Å². The van der Waals surface area contributed by atoms with E-state index in [1.807, 2.05) is 56.3 Å². The molecule has 2 rings (SSSR count). The number of carboxylic acid groups (broad SMARTS) is 1. The number of carboxylic acids is 1. The van der Waals surface area contributed by atoms with Gasteiger partial charge in [0.2, 0.25) is 5.91 Å². The molecule has 0 radical (unpaired) electrons. The van der Waals surface area contributed by atoms with Crippen LogP contribution in [0.1, 0.15) is 25.8 Å². The van der Waals surface area contributed by atoms with E-state index in [0.717, 1.165) is 16.3 Å². The minimum atomic E-state index is -1.19. The number of aliphatic hydroxyl groups excluding tert-OH is 1. The summed E-state index contributed by atoms with van der Waals surface area (Å²) in [5.41, 5.74) is 0.819. The SMILES string of the molecule is CC(C)C[C@@H](O)C(=O)N[C@H](Cc1ccc2ccccc2c1)C(=O)O. The highest BCUT2D eigenvalue weighted by atomic mass is 16.4. The molecule has 0 saturated carbocycles. The van der Waals surface area contributed by atoms with Gasteiger partial charge in [-0.1, -0.05) is 56.3 Å². The van der Waals surface area contributed by atoms with Crippen LogP contribution in [0.25, 0.3) is 10.8 Å². The van der Waals surface area contributed by atoms with Crippen LogP contribution in [-0.4, -0.2) is 34.2 Å². The zero-order valence-electron chi connectivity index (χ0n) is 13.9. The second-order valence-corrected chi connectivity index (χ2v) is 6.43. The summed E-state index contributed by atoms with van der Waals surface area (Å²) in [7, 11) is 0. The molecule has 0 saturated heterocycles. The van der Waals surface area contributed by atoms with Crippen molar-refractivity contribution in [2.24, 2.45) is 5.92 Å². The minimum Gasteiger partial charge on any atom is -0.480 e. The number of carbonyl (C=O) groups excluding carboxylic acids is 1. The van der Waals surface area contributed by atoms with Crippen LogP contribution in [-0.2, 0) is 16.0 Å². The van der Waals surface area contributed by atoms with Gasteiger partial charge in [-0.15, -0.1) is 0 Å². The molecule has 0 aliphatic heterocycles. The number of aliphatic hydroxyl groups is 1. The maximum absolute atomic E-state index is 12.0. The molecule has 5 heteroatoms. The monoisotopic (exact) mass is 329 g/mol. The van der Waals surface area contributed by atoms with Crippen LogP contribution in [0.3, 0.4) is 0 Å². The Kier molecular flexibility index (Phi) is 5.93. The summed E-state index contributed by atoms with van der Waals surface area (Å²) < 4.78 is 0. The highest BCUT2D eigenvalue weighted by molar-refractivity contribution is 5.87. The first-order chi connectivity index (χ1) is 11.4. The largest absolute Gasteiger partial charge is 0.480 e. The summed E-state index contributed by atoms with van der Waals surface area (Å²) in [5.74, 6) is -1.61. The second kappa shape index (κ2) is 7.93. The molecule has 0 heterocycles. The Bertz CT molecular complexity index is 726. The number of hydrogen-bond donors (Lipinski definition) is 3. The number of hydrogen-bond acceptors (Lipinski definition) is 3. The molecule has 0 aliphatic carbocycles. The Morgan fingerprint density at radius 2 is 1.75 bits per heavy atom. The lowest BCUT2D eigenvalue weighted by Crippen LogP contribution is -2.46. The van der Waals surface area contributed by atoms with Gasteiger partial charge in [-0.2, -0.15) is 0 Å². The highest BCUT2D eigenvalue weighted by Crippen LogP contribution is 2.17. The van der Waals surface area contributed by atoms with E-state index in [-0.39, 0.29) is 12.3 Å².